The van der Waals surface area contributed by atoms with Gasteiger partial charge in [-0.15, -0.1) is 0 Å². The molecule has 0 saturated heterocycles. The van der Waals surface area contributed by atoms with E-state index in [0.29, 0.717) is 30.3 Å². The molecular weight excluding hydrogens is 304 g/mol. The van der Waals surface area contributed by atoms with Gasteiger partial charge in [0.05, 0.1) is 13.7 Å². The lowest BCUT2D eigenvalue weighted by atomic mass is 10.1. The van der Waals surface area contributed by atoms with E-state index in [1.807, 2.05) is 48.5 Å². The van der Waals surface area contributed by atoms with Gasteiger partial charge in [0.2, 0.25) is 0 Å². The van der Waals surface area contributed by atoms with Crippen molar-refractivity contribution in [3.8, 4) is 11.5 Å². The van der Waals surface area contributed by atoms with Crippen LogP contribution in [0, 0.1) is 0 Å². The van der Waals surface area contributed by atoms with Gasteiger partial charge in [-0.3, -0.25) is 0 Å². The van der Waals surface area contributed by atoms with E-state index in [1.165, 1.54) is 0 Å². The van der Waals surface area contributed by atoms with Crippen LogP contribution >= 0.6 is 0 Å². The molecular formula is C20H22O4. The SMILES string of the molecule is CCOC(=O)C(C)=Cc1ccc(OC)c(OCc2ccccc2)c1. The number of esters is 1. The zero-order chi connectivity index (χ0) is 17.4. The average molecular weight is 326 g/mol. The minimum atomic E-state index is -0.319. The fraction of sp³-hybridized carbons (Fsp3) is 0.250. The Kier molecular flexibility index (Phi) is 6.43. The van der Waals surface area contributed by atoms with E-state index in [1.54, 1.807) is 27.0 Å². The summed E-state index contributed by atoms with van der Waals surface area (Å²) >= 11 is 0. The Hall–Kier alpha value is -2.75. The van der Waals surface area contributed by atoms with E-state index in [4.69, 9.17) is 14.2 Å². The van der Waals surface area contributed by atoms with Crippen molar-refractivity contribution in [2.45, 2.75) is 20.5 Å². The van der Waals surface area contributed by atoms with Crippen LogP contribution in [0.25, 0.3) is 6.08 Å². The Labute approximate surface area is 142 Å². The lowest BCUT2D eigenvalue weighted by Gasteiger charge is -2.12. The molecule has 2 rings (SSSR count). The summed E-state index contributed by atoms with van der Waals surface area (Å²) in [6.45, 7) is 4.32. The van der Waals surface area contributed by atoms with Crippen molar-refractivity contribution in [1.29, 1.82) is 0 Å². The Morgan fingerprint density at radius 3 is 2.50 bits per heavy atom. The molecule has 0 aliphatic heterocycles. The van der Waals surface area contributed by atoms with Crippen LogP contribution in [0.1, 0.15) is 25.0 Å². The van der Waals surface area contributed by atoms with Crippen molar-refractivity contribution < 1.29 is 19.0 Å². The predicted octanol–water partition coefficient (Wildman–Crippen LogP) is 4.24. The average Bonchev–Trinajstić information content (AvgIpc) is 2.61. The summed E-state index contributed by atoms with van der Waals surface area (Å²) in [6, 6.07) is 15.5. The first kappa shape index (κ1) is 17.6. The predicted molar refractivity (Wildman–Crippen MR) is 94.1 cm³/mol. The van der Waals surface area contributed by atoms with Crippen LogP contribution in [0.4, 0.5) is 0 Å². The monoisotopic (exact) mass is 326 g/mol. The van der Waals surface area contributed by atoms with Gasteiger partial charge in [-0.05, 0) is 43.2 Å². The van der Waals surface area contributed by atoms with Gasteiger partial charge in [0.1, 0.15) is 6.61 Å². The molecule has 0 N–H and O–H groups in total. The number of carbonyl (C=O) groups is 1. The van der Waals surface area contributed by atoms with Crippen LogP contribution in [-0.2, 0) is 16.1 Å². The molecule has 24 heavy (non-hydrogen) atoms. The molecule has 0 unspecified atom stereocenters. The van der Waals surface area contributed by atoms with Crippen LogP contribution < -0.4 is 9.47 Å². The third-order valence-electron chi connectivity index (χ3n) is 3.41. The van der Waals surface area contributed by atoms with Gasteiger partial charge < -0.3 is 14.2 Å². The van der Waals surface area contributed by atoms with Gasteiger partial charge in [-0.2, -0.15) is 0 Å². The highest BCUT2D eigenvalue weighted by molar-refractivity contribution is 5.93. The number of methoxy groups -OCH3 is 1. The largest absolute Gasteiger partial charge is 0.493 e. The zero-order valence-corrected chi connectivity index (χ0v) is 14.2. The molecule has 0 heterocycles. The molecule has 0 radical (unpaired) electrons. The highest BCUT2D eigenvalue weighted by atomic mass is 16.5. The number of hydrogen-bond acceptors (Lipinski definition) is 4. The van der Waals surface area contributed by atoms with E-state index in [2.05, 4.69) is 0 Å². The van der Waals surface area contributed by atoms with Crippen molar-refractivity contribution in [2.24, 2.45) is 0 Å². The Balaban J connectivity index is 2.17. The standard InChI is InChI=1S/C20H22O4/c1-4-23-20(21)15(2)12-17-10-11-18(22-3)19(13-17)24-14-16-8-6-5-7-9-16/h5-13H,4,14H2,1-3H3. The first-order valence-corrected chi connectivity index (χ1v) is 7.84. The minimum absolute atomic E-state index is 0.319. The summed E-state index contributed by atoms with van der Waals surface area (Å²) < 4.78 is 16.2. The maximum atomic E-state index is 11.7. The number of carbonyl (C=O) groups excluding carboxylic acids is 1. The summed E-state index contributed by atoms with van der Waals surface area (Å²) in [6.07, 6.45) is 1.77. The van der Waals surface area contributed by atoms with Crippen LogP contribution in [0.15, 0.2) is 54.1 Å². The molecule has 4 heteroatoms. The zero-order valence-electron chi connectivity index (χ0n) is 14.2. The molecule has 0 spiro atoms. The number of hydrogen-bond donors (Lipinski definition) is 0. The molecule has 0 aromatic heterocycles. The lowest BCUT2D eigenvalue weighted by Crippen LogP contribution is -2.04. The molecule has 0 fully saturated rings. The molecule has 126 valence electrons. The second-order valence-corrected chi connectivity index (χ2v) is 5.23. The number of rotatable bonds is 7. The maximum Gasteiger partial charge on any atom is 0.333 e. The quantitative estimate of drug-likeness (QED) is 0.564. The number of benzene rings is 2. The van der Waals surface area contributed by atoms with E-state index in [0.717, 1.165) is 11.1 Å². The normalized spacial score (nSPS) is 11.0. The summed E-state index contributed by atoms with van der Waals surface area (Å²) in [5.74, 6) is 0.962. The fourth-order valence-electron chi connectivity index (χ4n) is 2.19. The van der Waals surface area contributed by atoms with Crippen molar-refractivity contribution in [3.63, 3.8) is 0 Å². The Bertz CT molecular complexity index is 705. The first-order chi connectivity index (χ1) is 11.6. The highest BCUT2D eigenvalue weighted by Crippen LogP contribution is 2.29. The van der Waals surface area contributed by atoms with Crippen LogP contribution in [0.3, 0.4) is 0 Å². The Morgan fingerprint density at radius 2 is 1.83 bits per heavy atom. The second-order valence-electron chi connectivity index (χ2n) is 5.23. The second kappa shape index (κ2) is 8.77. The summed E-state index contributed by atoms with van der Waals surface area (Å²) in [7, 11) is 1.60. The fourth-order valence-corrected chi connectivity index (χ4v) is 2.19. The topological polar surface area (TPSA) is 44.8 Å². The van der Waals surface area contributed by atoms with Crippen molar-refractivity contribution in [2.75, 3.05) is 13.7 Å². The van der Waals surface area contributed by atoms with Crippen molar-refractivity contribution >= 4 is 12.0 Å². The third-order valence-corrected chi connectivity index (χ3v) is 3.41. The lowest BCUT2D eigenvalue weighted by molar-refractivity contribution is -0.138. The highest BCUT2D eigenvalue weighted by Gasteiger charge is 2.08. The van der Waals surface area contributed by atoms with Crippen LogP contribution in [-0.4, -0.2) is 19.7 Å². The van der Waals surface area contributed by atoms with E-state index >= 15 is 0 Å². The van der Waals surface area contributed by atoms with Gasteiger partial charge in [-0.1, -0.05) is 36.4 Å². The van der Waals surface area contributed by atoms with Gasteiger partial charge in [0.25, 0.3) is 0 Å². The summed E-state index contributed by atoms with van der Waals surface area (Å²) in [5, 5.41) is 0. The molecule has 2 aromatic rings. The molecule has 0 amide bonds. The summed E-state index contributed by atoms with van der Waals surface area (Å²) in [4.78, 5) is 11.7. The van der Waals surface area contributed by atoms with Crippen LogP contribution in [0.2, 0.25) is 0 Å². The van der Waals surface area contributed by atoms with Crippen molar-refractivity contribution in [3.05, 3.63) is 65.2 Å². The minimum Gasteiger partial charge on any atom is -0.493 e. The van der Waals surface area contributed by atoms with Crippen LogP contribution in [0.5, 0.6) is 11.5 Å². The molecule has 0 bridgehead atoms. The third kappa shape index (κ3) is 4.88. The molecule has 0 aliphatic carbocycles. The molecule has 4 nitrogen and oxygen atoms in total. The molecule has 2 aromatic carbocycles. The van der Waals surface area contributed by atoms with Crippen molar-refractivity contribution in [1.82, 2.24) is 0 Å². The molecule has 0 saturated carbocycles. The number of ether oxygens (including phenoxy) is 3. The van der Waals surface area contributed by atoms with E-state index in [-0.39, 0.29) is 5.97 Å². The molecule has 0 aliphatic rings. The van der Waals surface area contributed by atoms with Gasteiger partial charge in [-0.25, -0.2) is 4.79 Å². The van der Waals surface area contributed by atoms with Gasteiger partial charge >= 0.3 is 5.97 Å². The Morgan fingerprint density at radius 1 is 1.08 bits per heavy atom. The van der Waals surface area contributed by atoms with E-state index < -0.39 is 0 Å². The van der Waals surface area contributed by atoms with E-state index in [9.17, 15) is 4.79 Å². The first-order valence-electron chi connectivity index (χ1n) is 7.84. The van der Waals surface area contributed by atoms with Gasteiger partial charge in [0.15, 0.2) is 11.5 Å². The molecule has 0 atom stereocenters. The van der Waals surface area contributed by atoms with Gasteiger partial charge in [0, 0.05) is 5.57 Å². The smallest absolute Gasteiger partial charge is 0.333 e. The summed E-state index contributed by atoms with van der Waals surface area (Å²) in [5.41, 5.74) is 2.46. The maximum absolute atomic E-state index is 11.7.